The number of nitrogens with zero attached hydrogens (tertiary/aromatic N) is 2. The Bertz CT molecular complexity index is 936. The Morgan fingerprint density at radius 2 is 2.00 bits per heavy atom. The van der Waals surface area contributed by atoms with Crippen molar-refractivity contribution in [3.63, 3.8) is 0 Å². The standard InChI is InChI=1S/C21H23N3O2S/c1-2-26-16-12-10-15(11-13-16)24-18-8-4-3-7-17(18)23-21(24)27-19-9-5-6-14-22-20(19)25/h3-4,7-8,10-13,19H,2,5-6,9,14H2,1H3,(H,22,25). The van der Waals surface area contributed by atoms with Crippen LogP contribution in [-0.4, -0.2) is 33.9 Å². The topological polar surface area (TPSA) is 56.1 Å². The molecule has 5 nitrogen and oxygen atoms in total. The van der Waals surface area contributed by atoms with Crippen LogP contribution in [0, 0.1) is 0 Å². The van der Waals surface area contributed by atoms with Gasteiger partial charge in [0.05, 0.1) is 22.9 Å². The summed E-state index contributed by atoms with van der Waals surface area (Å²) in [4.78, 5) is 17.2. The largest absolute Gasteiger partial charge is 0.494 e. The van der Waals surface area contributed by atoms with Crippen LogP contribution in [0.3, 0.4) is 0 Å². The molecule has 0 spiro atoms. The highest BCUT2D eigenvalue weighted by Crippen LogP contribution is 2.33. The molecule has 27 heavy (non-hydrogen) atoms. The van der Waals surface area contributed by atoms with E-state index in [1.54, 1.807) is 11.8 Å². The maximum absolute atomic E-state index is 12.4. The van der Waals surface area contributed by atoms with E-state index in [1.165, 1.54) is 0 Å². The van der Waals surface area contributed by atoms with Crippen molar-refractivity contribution < 1.29 is 9.53 Å². The van der Waals surface area contributed by atoms with Crippen LogP contribution in [0.25, 0.3) is 16.7 Å². The Morgan fingerprint density at radius 3 is 2.81 bits per heavy atom. The maximum atomic E-state index is 12.4. The molecular weight excluding hydrogens is 358 g/mol. The fourth-order valence-corrected chi connectivity index (χ4v) is 4.53. The molecule has 6 heteroatoms. The van der Waals surface area contributed by atoms with Gasteiger partial charge in [0.25, 0.3) is 0 Å². The number of para-hydroxylation sites is 2. The molecule has 1 saturated heterocycles. The fraction of sp³-hybridized carbons (Fsp3) is 0.333. The van der Waals surface area contributed by atoms with Crippen LogP contribution in [0.15, 0.2) is 53.7 Å². The molecule has 4 rings (SSSR count). The number of benzene rings is 2. The van der Waals surface area contributed by atoms with Crippen LogP contribution in [0.5, 0.6) is 5.75 Å². The molecule has 2 heterocycles. The van der Waals surface area contributed by atoms with E-state index in [2.05, 4.69) is 16.0 Å². The van der Waals surface area contributed by atoms with Crippen molar-refractivity contribution in [3.05, 3.63) is 48.5 Å². The highest BCUT2D eigenvalue weighted by Gasteiger charge is 2.25. The number of carbonyl (C=O) groups excluding carboxylic acids is 1. The van der Waals surface area contributed by atoms with Gasteiger partial charge in [0.1, 0.15) is 5.75 Å². The molecule has 1 unspecified atom stereocenters. The second-order valence-corrected chi connectivity index (χ2v) is 7.71. The van der Waals surface area contributed by atoms with Gasteiger partial charge in [-0.1, -0.05) is 30.3 Å². The van der Waals surface area contributed by atoms with Gasteiger partial charge in [-0.05, 0) is 56.2 Å². The molecule has 1 N–H and O–H groups in total. The Kier molecular flexibility index (Phi) is 5.34. The van der Waals surface area contributed by atoms with E-state index in [9.17, 15) is 4.79 Å². The van der Waals surface area contributed by atoms with Crippen LogP contribution in [0.4, 0.5) is 0 Å². The van der Waals surface area contributed by atoms with Crippen molar-refractivity contribution in [2.45, 2.75) is 36.6 Å². The zero-order valence-corrected chi connectivity index (χ0v) is 16.2. The van der Waals surface area contributed by atoms with E-state index in [-0.39, 0.29) is 11.2 Å². The quantitative estimate of drug-likeness (QED) is 0.720. The summed E-state index contributed by atoms with van der Waals surface area (Å²) >= 11 is 1.56. The number of amides is 1. The molecule has 1 aromatic heterocycles. The lowest BCUT2D eigenvalue weighted by atomic mass is 10.2. The van der Waals surface area contributed by atoms with Gasteiger partial charge in [-0.25, -0.2) is 4.98 Å². The number of aromatic nitrogens is 2. The van der Waals surface area contributed by atoms with Crippen LogP contribution >= 0.6 is 11.8 Å². The van der Waals surface area contributed by atoms with E-state index in [0.717, 1.165) is 53.4 Å². The van der Waals surface area contributed by atoms with E-state index in [1.807, 2.05) is 49.4 Å². The summed E-state index contributed by atoms with van der Waals surface area (Å²) in [7, 11) is 0. The highest BCUT2D eigenvalue weighted by molar-refractivity contribution is 8.00. The van der Waals surface area contributed by atoms with Crippen LogP contribution in [-0.2, 0) is 4.79 Å². The molecule has 0 aliphatic carbocycles. The lowest BCUT2D eigenvalue weighted by Gasteiger charge is -2.14. The zero-order chi connectivity index (χ0) is 18.6. The molecule has 3 aromatic rings. The van der Waals surface area contributed by atoms with Gasteiger partial charge in [0.2, 0.25) is 5.91 Å². The summed E-state index contributed by atoms with van der Waals surface area (Å²) < 4.78 is 7.70. The summed E-state index contributed by atoms with van der Waals surface area (Å²) in [6.45, 7) is 3.39. The molecular formula is C21H23N3O2S. The average Bonchev–Trinajstić information content (AvgIpc) is 2.93. The Labute approximate surface area is 163 Å². The first-order valence-corrected chi connectivity index (χ1v) is 10.3. The molecule has 1 atom stereocenters. The fourth-order valence-electron chi connectivity index (χ4n) is 3.34. The SMILES string of the molecule is CCOc1ccc(-n2c(SC3CCCCNC3=O)nc3ccccc32)cc1. The molecule has 140 valence electrons. The zero-order valence-electron chi connectivity index (χ0n) is 15.4. The molecule has 0 bridgehead atoms. The number of rotatable bonds is 5. The number of ether oxygens (including phenoxy) is 1. The maximum Gasteiger partial charge on any atom is 0.233 e. The van der Waals surface area contributed by atoms with E-state index >= 15 is 0 Å². The van der Waals surface area contributed by atoms with Gasteiger partial charge in [-0.2, -0.15) is 0 Å². The summed E-state index contributed by atoms with van der Waals surface area (Å²) in [6.07, 6.45) is 2.97. The molecule has 0 saturated carbocycles. The minimum absolute atomic E-state index is 0.106. The molecule has 0 radical (unpaired) electrons. The minimum atomic E-state index is -0.106. The van der Waals surface area contributed by atoms with Crippen molar-refractivity contribution in [2.24, 2.45) is 0 Å². The lowest BCUT2D eigenvalue weighted by Crippen LogP contribution is -2.30. The summed E-state index contributed by atoms with van der Waals surface area (Å²) in [5.74, 6) is 0.964. The number of thioether (sulfide) groups is 1. The second-order valence-electron chi connectivity index (χ2n) is 6.54. The van der Waals surface area contributed by atoms with Crippen LogP contribution in [0.1, 0.15) is 26.2 Å². The summed E-state index contributed by atoms with van der Waals surface area (Å²) in [5.41, 5.74) is 2.99. The Hall–Kier alpha value is -2.47. The van der Waals surface area contributed by atoms with E-state index < -0.39 is 0 Å². The van der Waals surface area contributed by atoms with E-state index in [0.29, 0.717) is 6.61 Å². The molecule has 1 aliphatic heterocycles. The van der Waals surface area contributed by atoms with Crippen molar-refractivity contribution >= 4 is 28.7 Å². The first-order chi connectivity index (χ1) is 13.3. The van der Waals surface area contributed by atoms with E-state index in [4.69, 9.17) is 9.72 Å². The van der Waals surface area contributed by atoms with Crippen molar-refractivity contribution in [2.75, 3.05) is 13.2 Å². The number of hydrogen-bond acceptors (Lipinski definition) is 4. The average molecular weight is 382 g/mol. The van der Waals surface area contributed by atoms with Crippen LogP contribution < -0.4 is 10.1 Å². The van der Waals surface area contributed by atoms with Gasteiger partial charge in [-0.3, -0.25) is 9.36 Å². The number of fused-ring (bicyclic) bond motifs is 1. The number of hydrogen-bond donors (Lipinski definition) is 1. The van der Waals surface area contributed by atoms with Crippen molar-refractivity contribution in [1.82, 2.24) is 14.9 Å². The van der Waals surface area contributed by atoms with Crippen molar-refractivity contribution in [3.8, 4) is 11.4 Å². The molecule has 2 aromatic carbocycles. The third kappa shape index (κ3) is 3.81. The molecule has 1 fully saturated rings. The first-order valence-electron chi connectivity index (χ1n) is 9.41. The number of imidazole rings is 1. The predicted molar refractivity (Wildman–Crippen MR) is 109 cm³/mol. The third-order valence-corrected chi connectivity index (χ3v) is 5.89. The van der Waals surface area contributed by atoms with Gasteiger partial charge in [0.15, 0.2) is 5.16 Å². The predicted octanol–water partition coefficient (Wildman–Crippen LogP) is 4.19. The highest BCUT2D eigenvalue weighted by atomic mass is 32.2. The second kappa shape index (κ2) is 8.05. The Morgan fingerprint density at radius 1 is 1.19 bits per heavy atom. The number of nitrogens with one attached hydrogen (secondary N) is 1. The van der Waals surface area contributed by atoms with Crippen LogP contribution in [0.2, 0.25) is 0 Å². The van der Waals surface area contributed by atoms with Gasteiger partial charge in [0, 0.05) is 12.2 Å². The monoisotopic (exact) mass is 381 g/mol. The smallest absolute Gasteiger partial charge is 0.233 e. The first kappa shape index (κ1) is 17.9. The lowest BCUT2D eigenvalue weighted by molar-refractivity contribution is -0.120. The minimum Gasteiger partial charge on any atom is -0.494 e. The van der Waals surface area contributed by atoms with Gasteiger partial charge < -0.3 is 10.1 Å². The molecule has 1 amide bonds. The Balaban J connectivity index is 1.74. The normalized spacial score (nSPS) is 17.5. The summed E-state index contributed by atoms with van der Waals surface area (Å²) in [5, 5.41) is 3.76. The molecule has 1 aliphatic rings. The van der Waals surface area contributed by atoms with Gasteiger partial charge >= 0.3 is 0 Å². The van der Waals surface area contributed by atoms with Gasteiger partial charge in [-0.15, -0.1) is 0 Å². The summed E-state index contributed by atoms with van der Waals surface area (Å²) in [6, 6.07) is 16.1. The number of carbonyl (C=O) groups is 1. The third-order valence-electron chi connectivity index (χ3n) is 4.67. The van der Waals surface area contributed by atoms with Crippen molar-refractivity contribution in [1.29, 1.82) is 0 Å².